The highest BCUT2D eigenvalue weighted by Crippen LogP contribution is 2.37. The second kappa shape index (κ2) is 5.13. The lowest BCUT2D eigenvalue weighted by Gasteiger charge is -2.10. The molecule has 108 valence electrons. The Kier molecular flexibility index (Phi) is 3.29. The molecule has 0 aliphatic heterocycles. The van der Waals surface area contributed by atoms with Crippen LogP contribution >= 0.6 is 0 Å². The number of phenols is 1. The Morgan fingerprint density at radius 3 is 2.76 bits per heavy atom. The van der Waals surface area contributed by atoms with Crippen LogP contribution in [0.3, 0.4) is 0 Å². The number of fused-ring (bicyclic) bond motifs is 1. The zero-order valence-electron chi connectivity index (χ0n) is 12.4. The molecule has 2 aromatic carbocycles. The van der Waals surface area contributed by atoms with E-state index in [2.05, 4.69) is 29.7 Å². The molecule has 3 rings (SSSR count). The van der Waals surface area contributed by atoms with Gasteiger partial charge in [-0.25, -0.2) is 4.98 Å². The van der Waals surface area contributed by atoms with Gasteiger partial charge in [-0.1, -0.05) is 12.1 Å². The monoisotopic (exact) mass is 282 g/mol. The maximum Gasteiger partial charge on any atom is 0.168 e. The molecule has 4 nitrogen and oxygen atoms in total. The molecule has 0 unspecified atom stereocenters. The van der Waals surface area contributed by atoms with Gasteiger partial charge in [0.15, 0.2) is 11.5 Å². The van der Waals surface area contributed by atoms with Crippen LogP contribution in [0.5, 0.6) is 11.5 Å². The van der Waals surface area contributed by atoms with E-state index in [9.17, 15) is 5.11 Å². The third-order valence-electron chi connectivity index (χ3n) is 3.68. The molecule has 0 radical (unpaired) electrons. The molecule has 0 aliphatic carbocycles. The van der Waals surface area contributed by atoms with Crippen LogP contribution in [-0.2, 0) is 6.54 Å². The summed E-state index contributed by atoms with van der Waals surface area (Å²) in [7, 11) is 1.55. The van der Waals surface area contributed by atoms with E-state index in [1.165, 1.54) is 5.56 Å². The minimum Gasteiger partial charge on any atom is -0.504 e. The average molecular weight is 282 g/mol. The van der Waals surface area contributed by atoms with Crippen LogP contribution in [0.25, 0.3) is 22.4 Å². The average Bonchev–Trinajstić information content (AvgIpc) is 2.84. The van der Waals surface area contributed by atoms with Gasteiger partial charge in [-0.15, -0.1) is 0 Å². The van der Waals surface area contributed by atoms with Crippen molar-refractivity contribution < 1.29 is 9.84 Å². The number of phenolic OH excluding ortho intramolecular Hbond substituents is 1. The second-order valence-electron chi connectivity index (χ2n) is 5.03. The lowest BCUT2D eigenvalue weighted by Crippen LogP contribution is -1.98. The third kappa shape index (κ3) is 2.13. The molecular weight excluding hydrogens is 264 g/mol. The highest BCUT2D eigenvalue weighted by Gasteiger charge is 2.16. The van der Waals surface area contributed by atoms with Crippen molar-refractivity contribution in [2.24, 2.45) is 0 Å². The fourth-order valence-corrected chi connectivity index (χ4v) is 2.63. The van der Waals surface area contributed by atoms with E-state index in [1.54, 1.807) is 13.2 Å². The number of benzene rings is 2. The molecule has 0 fully saturated rings. The molecule has 0 amide bonds. The number of hydrogen-bond acceptors (Lipinski definition) is 3. The van der Waals surface area contributed by atoms with Gasteiger partial charge in [-0.05, 0) is 43.7 Å². The number of methoxy groups -OCH3 is 1. The highest BCUT2D eigenvalue weighted by atomic mass is 16.5. The zero-order valence-corrected chi connectivity index (χ0v) is 12.4. The van der Waals surface area contributed by atoms with E-state index in [-0.39, 0.29) is 5.75 Å². The van der Waals surface area contributed by atoms with Gasteiger partial charge in [-0.3, -0.25) is 0 Å². The van der Waals surface area contributed by atoms with Gasteiger partial charge in [0, 0.05) is 6.54 Å². The minimum atomic E-state index is 0.127. The molecule has 1 aromatic heterocycles. The second-order valence-corrected chi connectivity index (χ2v) is 5.03. The number of aromatic nitrogens is 2. The summed E-state index contributed by atoms with van der Waals surface area (Å²) in [6.45, 7) is 4.90. The molecule has 0 atom stereocenters. The van der Waals surface area contributed by atoms with Gasteiger partial charge in [0.1, 0.15) is 5.82 Å². The van der Waals surface area contributed by atoms with Gasteiger partial charge in [-0.2, -0.15) is 0 Å². The summed E-state index contributed by atoms with van der Waals surface area (Å²) in [5.41, 5.74) is 3.86. The van der Waals surface area contributed by atoms with E-state index >= 15 is 0 Å². The summed E-state index contributed by atoms with van der Waals surface area (Å²) in [4.78, 5) is 4.70. The quantitative estimate of drug-likeness (QED) is 0.796. The summed E-state index contributed by atoms with van der Waals surface area (Å²) >= 11 is 0. The van der Waals surface area contributed by atoms with Crippen molar-refractivity contribution >= 4 is 11.0 Å². The summed E-state index contributed by atoms with van der Waals surface area (Å²) in [5.74, 6) is 1.34. The number of ether oxygens (including phenoxy) is 1. The van der Waals surface area contributed by atoms with Crippen LogP contribution in [0.2, 0.25) is 0 Å². The summed E-state index contributed by atoms with van der Waals surface area (Å²) in [6, 6.07) is 11.7. The maximum absolute atomic E-state index is 10.4. The molecule has 0 aliphatic rings. The predicted molar refractivity (Wildman–Crippen MR) is 83.8 cm³/mol. The number of hydrogen-bond donors (Lipinski definition) is 1. The first-order valence-electron chi connectivity index (χ1n) is 6.99. The molecule has 21 heavy (non-hydrogen) atoms. The smallest absolute Gasteiger partial charge is 0.168 e. The highest BCUT2D eigenvalue weighted by molar-refractivity contribution is 5.83. The van der Waals surface area contributed by atoms with Crippen molar-refractivity contribution in [1.29, 1.82) is 0 Å². The first-order chi connectivity index (χ1) is 10.2. The van der Waals surface area contributed by atoms with Gasteiger partial charge in [0.25, 0.3) is 0 Å². The lowest BCUT2D eigenvalue weighted by molar-refractivity contribution is 0.374. The van der Waals surface area contributed by atoms with Crippen LogP contribution < -0.4 is 4.74 Å². The number of rotatable bonds is 3. The Labute approximate surface area is 123 Å². The fraction of sp³-hybridized carbons (Fsp3) is 0.235. The van der Waals surface area contributed by atoms with Crippen molar-refractivity contribution in [3.63, 3.8) is 0 Å². The van der Waals surface area contributed by atoms with E-state index in [0.717, 1.165) is 23.4 Å². The standard InChI is InChI=1S/C17H18N2O2/c1-4-19-14-9-8-11(2)10-13(14)18-17(19)12-6-5-7-15(21-3)16(12)20/h5-10,20H,4H2,1-3H3. The third-order valence-corrected chi connectivity index (χ3v) is 3.68. The molecule has 1 heterocycles. The Balaban J connectivity index is 2.30. The summed E-state index contributed by atoms with van der Waals surface area (Å²) in [5, 5.41) is 10.4. The first kappa shape index (κ1) is 13.5. The molecule has 0 spiro atoms. The van der Waals surface area contributed by atoms with Crippen molar-refractivity contribution in [3.8, 4) is 22.9 Å². The minimum absolute atomic E-state index is 0.127. The number of para-hydroxylation sites is 1. The Hall–Kier alpha value is -2.49. The molecule has 1 N–H and O–H groups in total. The molecule has 0 saturated heterocycles. The van der Waals surface area contributed by atoms with Crippen molar-refractivity contribution in [1.82, 2.24) is 9.55 Å². The normalized spacial score (nSPS) is 11.0. The molecule has 3 aromatic rings. The molecule has 4 heteroatoms. The van der Waals surface area contributed by atoms with Gasteiger partial charge in [0.2, 0.25) is 0 Å². The predicted octanol–water partition coefficient (Wildman–Crippen LogP) is 3.75. The number of aryl methyl sites for hydroxylation is 2. The van der Waals surface area contributed by atoms with Crippen LogP contribution in [0.4, 0.5) is 0 Å². The van der Waals surface area contributed by atoms with Crippen molar-refractivity contribution in [3.05, 3.63) is 42.0 Å². The van der Waals surface area contributed by atoms with Crippen LogP contribution in [0, 0.1) is 6.92 Å². The topological polar surface area (TPSA) is 47.3 Å². The van der Waals surface area contributed by atoms with Crippen LogP contribution in [-0.4, -0.2) is 21.8 Å². The van der Waals surface area contributed by atoms with Gasteiger partial charge in [0.05, 0.1) is 23.7 Å². The van der Waals surface area contributed by atoms with Crippen molar-refractivity contribution in [2.75, 3.05) is 7.11 Å². The largest absolute Gasteiger partial charge is 0.504 e. The number of imidazole rings is 1. The van der Waals surface area contributed by atoms with E-state index < -0.39 is 0 Å². The van der Waals surface area contributed by atoms with Crippen molar-refractivity contribution in [2.45, 2.75) is 20.4 Å². The van der Waals surface area contributed by atoms with Gasteiger partial charge < -0.3 is 14.4 Å². The SMILES string of the molecule is CCn1c(-c2cccc(OC)c2O)nc2cc(C)ccc21. The Bertz CT molecular complexity index is 806. The van der Waals surface area contributed by atoms with Crippen LogP contribution in [0.1, 0.15) is 12.5 Å². The van der Waals surface area contributed by atoms with E-state index in [0.29, 0.717) is 11.3 Å². The lowest BCUT2D eigenvalue weighted by atomic mass is 10.1. The van der Waals surface area contributed by atoms with Gasteiger partial charge >= 0.3 is 0 Å². The summed E-state index contributed by atoms with van der Waals surface area (Å²) < 4.78 is 7.29. The maximum atomic E-state index is 10.4. The Morgan fingerprint density at radius 2 is 2.05 bits per heavy atom. The number of aromatic hydroxyl groups is 1. The Morgan fingerprint density at radius 1 is 1.24 bits per heavy atom. The summed E-state index contributed by atoms with van der Waals surface area (Å²) in [6.07, 6.45) is 0. The molecule has 0 bridgehead atoms. The zero-order chi connectivity index (χ0) is 15.0. The van der Waals surface area contributed by atoms with E-state index in [4.69, 9.17) is 9.72 Å². The first-order valence-corrected chi connectivity index (χ1v) is 6.99. The fourth-order valence-electron chi connectivity index (χ4n) is 2.63. The molecular formula is C17H18N2O2. The number of nitrogens with zero attached hydrogens (tertiary/aromatic N) is 2. The molecule has 0 saturated carbocycles. The van der Waals surface area contributed by atoms with E-state index in [1.807, 2.05) is 19.1 Å². The van der Waals surface area contributed by atoms with Crippen LogP contribution in [0.15, 0.2) is 36.4 Å².